The van der Waals surface area contributed by atoms with E-state index < -0.39 is 18.5 Å². The van der Waals surface area contributed by atoms with Gasteiger partial charge >= 0.3 is 5.97 Å². The molecule has 2 aromatic heterocycles. The number of pyridine rings is 1. The van der Waals surface area contributed by atoms with Crippen LogP contribution in [0.15, 0.2) is 54.7 Å². The van der Waals surface area contributed by atoms with Crippen LogP contribution >= 0.6 is 11.6 Å². The molecule has 2 fully saturated rings. The SMILES string of the molecule is O=C(O)c1ccc2nc(CN3CC[C@H](Oc4ccnc(COc5ccc(Cl)cc5F)c4)C[C@@H]3CF)n(C[C@@H]3CCO3)c2c1. The average Bonchev–Trinajstić information content (AvgIpc) is 3.31. The number of hydrogen-bond donors (Lipinski definition) is 1. The first-order valence-corrected chi connectivity index (χ1v) is 14.6. The van der Waals surface area contributed by atoms with Gasteiger partial charge in [-0.25, -0.2) is 18.6 Å². The standard InChI is InChI=1S/C31H31ClF2N4O5/c32-20-2-4-29(26(34)12-20)42-18-21-13-23(5-8-35-21)43-24-6-9-37(22(14-24)15-33)17-30-36-27-3-1-19(31(39)40)11-28(27)38(30)16-25-7-10-41-25/h1-5,8,11-13,22,24-25H,6-7,9-10,14-18H2,(H,39,40)/t22-,24+,25+/m1/s1. The van der Waals surface area contributed by atoms with E-state index in [0.29, 0.717) is 56.0 Å². The third-order valence-corrected chi connectivity index (χ3v) is 8.16. The van der Waals surface area contributed by atoms with Crippen LogP contribution in [-0.2, 0) is 24.4 Å². The molecular formula is C31H31ClF2N4O5. The fourth-order valence-electron chi connectivity index (χ4n) is 5.53. The Morgan fingerprint density at radius 2 is 2.02 bits per heavy atom. The van der Waals surface area contributed by atoms with E-state index in [4.69, 9.17) is 30.8 Å². The number of nitrogens with zero attached hydrogens (tertiary/aromatic N) is 4. The lowest BCUT2D eigenvalue weighted by Crippen LogP contribution is -2.47. The molecule has 2 aromatic carbocycles. The summed E-state index contributed by atoms with van der Waals surface area (Å²) >= 11 is 5.80. The highest BCUT2D eigenvalue weighted by molar-refractivity contribution is 6.30. The molecule has 2 aliphatic rings. The number of piperidine rings is 1. The van der Waals surface area contributed by atoms with Gasteiger partial charge in [0.15, 0.2) is 11.6 Å². The van der Waals surface area contributed by atoms with Gasteiger partial charge in [-0.2, -0.15) is 0 Å². The van der Waals surface area contributed by atoms with E-state index in [1.807, 2.05) is 4.57 Å². The maximum Gasteiger partial charge on any atom is 0.335 e. The number of benzene rings is 2. The topological polar surface area (TPSA) is 98.9 Å². The number of likely N-dealkylation sites (tertiary alicyclic amines) is 1. The number of aromatic nitrogens is 3. The number of carbonyl (C=O) groups is 1. The molecule has 0 unspecified atom stereocenters. The lowest BCUT2D eigenvalue weighted by molar-refractivity contribution is -0.0594. The molecule has 0 bridgehead atoms. The van der Waals surface area contributed by atoms with Crippen molar-refractivity contribution in [2.75, 3.05) is 19.8 Å². The number of alkyl halides is 1. The minimum absolute atomic E-state index is 0.0432. The molecule has 43 heavy (non-hydrogen) atoms. The quantitative estimate of drug-likeness (QED) is 0.231. The van der Waals surface area contributed by atoms with Crippen molar-refractivity contribution in [2.45, 2.75) is 57.2 Å². The van der Waals surface area contributed by atoms with Crippen LogP contribution in [-0.4, -0.2) is 68.6 Å². The molecule has 0 saturated carbocycles. The first kappa shape index (κ1) is 29.3. The molecule has 2 saturated heterocycles. The van der Waals surface area contributed by atoms with Crippen LogP contribution in [0.1, 0.15) is 41.1 Å². The number of hydrogen-bond acceptors (Lipinski definition) is 7. The number of fused-ring (bicyclic) bond motifs is 1. The summed E-state index contributed by atoms with van der Waals surface area (Å²) in [7, 11) is 0. The van der Waals surface area contributed by atoms with E-state index in [-0.39, 0.29) is 41.2 Å². The summed E-state index contributed by atoms with van der Waals surface area (Å²) in [5, 5.41) is 9.79. The van der Waals surface area contributed by atoms with Gasteiger partial charge in [0.05, 0.1) is 41.5 Å². The maximum atomic E-state index is 14.4. The molecule has 9 nitrogen and oxygen atoms in total. The Hall–Kier alpha value is -3.80. The molecule has 0 spiro atoms. The Kier molecular flexibility index (Phi) is 8.73. The Morgan fingerprint density at radius 1 is 1.16 bits per heavy atom. The lowest BCUT2D eigenvalue weighted by atomic mass is 10.00. The summed E-state index contributed by atoms with van der Waals surface area (Å²) in [6.45, 7) is 1.78. The van der Waals surface area contributed by atoms with E-state index in [1.54, 1.807) is 42.6 Å². The van der Waals surface area contributed by atoms with Crippen molar-refractivity contribution in [3.63, 3.8) is 0 Å². The summed E-state index contributed by atoms with van der Waals surface area (Å²) in [5.41, 5.74) is 2.19. The van der Waals surface area contributed by atoms with Crippen LogP contribution < -0.4 is 9.47 Å². The number of carboxylic acid groups (broad SMARTS) is 1. The number of carboxylic acids is 1. The monoisotopic (exact) mass is 612 g/mol. The summed E-state index contributed by atoms with van der Waals surface area (Å²) in [4.78, 5) is 22.8. The van der Waals surface area contributed by atoms with Gasteiger partial charge in [-0.05, 0) is 55.3 Å². The van der Waals surface area contributed by atoms with Gasteiger partial charge in [-0.15, -0.1) is 0 Å². The zero-order chi connectivity index (χ0) is 29.9. The van der Waals surface area contributed by atoms with Crippen molar-refractivity contribution < 1.29 is 32.9 Å². The van der Waals surface area contributed by atoms with Crippen molar-refractivity contribution in [2.24, 2.45) is 0 Å². The first-order chi connectivity index (χ1) is 20.9. The van der Waals surface area contributed by atoms with E-state index >= 15 is 0 Å². The number of rotatable bonds is 11. The van der Waals surface area contributed by atoms with E-state index in [2.05, 4.69) is 9.88 Å². The highest BCUT2D eigenvalue weighted by Gasteiger charge is 2.32. The molecule has 6 rings (SSSR count). The van der Waals surface area contributed by atoms with Crippen molar-refractivity contribution in [3.05, 3.63) is 82.6 Å². The zero-order valence-corrected chi connectivity index (χ0v) is 24.1. The molecule has 2 aliphatic heterocycles. The van der Waals surface area contributed by atoms with Gasteiger partial charge in [0, 0.05) is 42.9 Å². The maximum absolute atomic E-state index is 14.4. The van der Waals surface area contributed by atoms with Gasteiger partial charge in [-0.1, -0.05) is 11.6 Å². The Labute approximate surface area is 252 Å². The Morgan fingerprint density at radius 3 is 2.77 bits per heavy atom. The van der Waals surface area contributed by atoms with Gasteiger partial charge in [0.2, 0.25) is 0 Å². The molecule has 4 heterocycles. The Balaban J connectivity index is 1.11. The second kappa shape index (κ2) is 12.8. The highest BCUT2D eigenvalue weighted by Crippen LogP contribution is 2.28. The van der Waals surface area contributed by atoms with Gasteiger partial charge in [0.25, 0.3) is 0 Å². The summed E-state index contributed by atoms with van der Waals surface area (Å²) in [5.74, 6) is -0.146. The molecule has 0 aliphatic carbocycles. The summed E-state index contributed by atoms with van der Waals surface area (Å²) < 4.78 is 47.9. The van der Waals surface area contributed by atoms with E-state index in [1.165, 1.54) is 12.1 Å². The molecular weight excluding hydrogens is 582 g/mol. The summed E-state index contributed by atoms with van der Waals surface area (Å²) in [6, 6.07) is 12.2. The fourth-order valence-corrected chi connectivity index (χ4v) is 5.69. The largest absolute Gasteiger partial charge is 0.490 e. The third-order valence-electron chi connectivity index (χ3n) is 7.93. The first-order valence-electron chi connectivity index (χ1n) is 14.2. The van der Waals surface area contributed by atoms with Crippen LogP contribution in [0.2, 0.25) is 5.02 Å². The van der Waals surface area contributed by atoms with Gasteiger partial charge in [0.1, 0.15) is 31.0 Å². The third kappa shape index (κ3) is 6.74. The van der Waals surface area contributed by atoms with Crippen molar-refractivity contribution in [1.82, 2.24) is 19.4 Å². The smallest absolute Gasteiger partial charge is 0.335 e. The van der Waals surface area contributed by atoms with E-state index in [9.17, 15) is 18.7 Å². The van der Waals surface area contributed by atoms with Crippen molar-refractivity contribution in [3.8, 4) is 11.5 Å². The fraction of sp³-hybridized carbons (Fsp3) is 0.387. The number of imidazole rings is 1. The molecule has 4 aromatic rings. The predicted molar refractivity (Wildman–Crippen MR) is 155 cm³/mol. The normalized spacial score (nSPS) is 20.6. The van der Waals surface area contributed by atoms with Crippen LogP contribution in [0.4, 0.5) is 8.78 Å². The molecule has 226 valence electrons. The van der Waals surface area contributed by atoms with Crippen LogP contribution in [0.3, 0.4) is 0 Å². The van der Waals surface area contributed by atoms with Gasteiger partial charge < -0.3 is 23.9 Å². The highest BCUT2D eigenvalue weighted by atomic mass is 35.5. The minimum atomic E-state index is -1.00. The zero-order valence-electron chi connectivity index (χ0n) is 23.3. The van der Waals surface area contributed by atoms with E-state index in [0.717, 1.165) is 17.8 Å². The van der Waals surface area contributed by atoms with Crippen LogP contribution in [0.5, 0.6) is 11.5 Å². The summed E-state index contributed by atoms with van der Waals surface area (Å²) in [6.07, 6.45) is 3.52. The molecule has 0 radical (unpaired) electrons. The number of halogens is 3. The molecule has 12 heteroatoms. The Bertz CT molecular complexity index is 1610. The van der Waals surface area contributed by atoms with Crippen molar-refractivity contribution in [1.29, 1.82) is 0 Å². The minimum Gasteiger partial charge on any atom is -0.490 e. The predicted octanol–water partition coefficient (Wildman–Crippen LogP) is 5.67. The molecule has 0 amide bonds. The second-order valence-electron chi connectivity index (χ2n) is 10.8. The molecule has 3 atom stereocenters. The number of aromatic carboxylic acids is 1. The van der Waals surface area contributed by atoms with Gasteiger partial charge in [-0.3, -0.25) is 9.88 Å². The van der Waals surface area contributed by atoms with Crippen LogP contribution in [0, 0.1) is 5.82 Å². The van der Waals surface area contributed by atoms with Crippen molar-refractivity contribution >= 4 is 28.6 Å². The van der Waals surface area contributed by atoms with Crippen LogP contribution in [0.25, 0.3) is 11.0 Å². The number of ether oxygens (including phenoxy) is 3. The average molecular weight is 613 g/mol. The second-order valence-corrected chi connectivity index (χ2v) is 11.3. The lowest BCUT2D eigenvalue weighted by Gasteiger charge is -2.38. The molecule has 1 N–H and O–H groups in total.